The first-order chi connectivity index (χ1) is 9.29. The molecule has 0 amide bonds. The van der Waals surface area contributed by atoms with Crippen LogP contribution in [0.2, 0.25) is 0 Å². The van der Waals surface area contributed by atoms with E-state index in [1.165, 1.54) is 0 Å². The maximum absolute atomic E-state index is 11.4. The van der Waals surface area contributed by atoms with Crippen LogP contribution in [-0.2, 0) is 19.2 Å². The van der Waals surface area contributed by atoms with E-state index in [0.717, 1.165) is 0 Å². The zero-order valence-corrected chi connectivity index (χ0v) is 11.6. The van der Waals surface area contributed by atoms with Gasteiger partial charge in [-0.15, -0.1) is 0 Å². The normalized spacial score (nSPS) is 11.8. The van der Waals surface area contributed by atoms with Crippen molar-refractivity contribution in [3.05, 3.63) is 35.9 Å². The maximum Gasteiger partial charge on any atom is 0.358 e. The predicted octanol–water partition coefficient (Wildman–Crippen LogP) is 1.83. The molecule has 1 aromatic carbocycles. The predicted molar refractivity (Wildman–Crippen MR) is 72.4 cm³/mol. The summed E-state index contributed by atoms with van der Waals surface area (Å²) in [6.07, 6.45) is 0. The summed E-state index contributed by atoms with van der Waals surface area (Å²) < 4.78 is 5.01. The molecule has 0 aliphatic rings. The molecule has 0 fully saturated rings. The summed E-state index contributed by atoms with van der Waals surface area (Å²) in [5.74, 6) is -1.85. The molecule has 0 radical (unpaired) electrons. The first kappa shape index (κ1) is 15.7. The summed E-state index contributed by atoms with van der Waals surface area (Å²) in [5.41, 5.74) is -0.502. The van der Waals surface area contributed by atoms with Crippen LogP contribution in [0.25, 0.3) is 0 Å². The number of hydrogen-bond acceptors (Lipinski definition) is 5. The first-order valence-electron chi connectivity index (χ1n) is 6.00. The van der Waals surface area contributed by atoms with Crippen LogP contribution in [0.15, 0.2) is 35.5 Å². The standard InChI is InChI=1S/C14H17NO5/c1-14(2,3)20-11(16)9-19-15-12(13(17)18)10-7-5-4-6-8-10/h4-8H,9H2,1-3H3,(H,17,18)/b15-12-. The second-order valence-electron chi connectivity index (χ2n) is 4.97. The summed E-state index contributed by atoms with van der Waals surface area (Å²) in [5, 5.41) is 12.5. The lowest BCUT2D eigenvalue weighted by atomic mass is 10.1. The molecule has 20 heavy (non-hydrogen) atoms. The second kappa shape index (κ2) is 6.70. The quantitative estimate of drug-likeness (QED) is 0.505. The lowest BCUT2D eigenvalue weighted by Gasteiger charge is -2.18. The van der Waals surface area contributed by atoms with Gasteiger partial charge in [0.2, 0.25) is 6.61 Å². The van der Waals surface area contributed by atoms with Crippen LogP contribution in [0.1, 0.15) is 26.3 Å². The molecular formula is C14H17NO5. The number of benzene rings is 1. The number of esters is 1. The molecule has 0 saturated heterocycles. The molecule has 1 aromatic rings. The minimum absolute atomic E-state index is 0.269. The topological polar surface area (TPSA) is 85.2 Å². The number of carboxylic acids is 1. The molecule has 0 aliphatic heterocycles. The van der Waals surface area contributed by atoms with Gasteiger partial charge in [-0.2, -0.15) is 0 Å². The molecule has 6 nitrogen and oxygen atoms in total. The number of aliphatic carboxylic acids is 1. The lowest BCUT2D eigenvalue weighted by molar-refractivity contribution is -0.160. The monoisotopic (exact) mass is 279 g/mol. The van der Waals surface area contributed by atoms with Gasteiger partial charge in [0, 0.05) is 5.56 Å². The zero-order chi connectivity index (χ0) is 15.2. The van der Waals surface area contributed by atoms with E-state index in [9.17, 15) is 9.59 Å². The highest BCUT2D eigenvalue weighted by Crippen LogP contribution is 2.07. The van der Waals surface area contributed by atoms with Gasteiger partial charge in [0.15, 0.2) is 5.71 Å². The van der Waals surface area contributed by atoms with E-state index in [-0.39, 0.29) is 5.71 Å². The summed E-state index contributed by atoms with van der Waals surface area (Å²) >= 11 is 0. The van der Waals surface area contributed by atoms with Gasteiger partial charge in [0.1, 0.15) is 5.60 Å². The first-order valence-corrected chi connectivity index (χ1v) is 6.00. The Morgan fingerprint density at radius 3 is 2.30 bits per heavy atom. The average molecular weight is 279 g/mol. The van der Waals surface area contributed by atoms with Crippen LogP contribution < -0.4 is 0 Å². The number of carboxylic acid groups (broad SMARTS) is 1. The van der Waals surface area contributed by atoms with E-state index < -0.39 is 24.1 Å². The van der Waals surface area contributed by atoms with Gasteiger partial charge in [0.25, 0.3) is 0 Å². The number of hydrogen-bond donors (Lipinski definition) is 1. The number of carbonyl (C=O) groups is 2. The van der Waals surface area contributed by atoms with Crippen molar-refractivity contribution in [2.75, 3.05) is 6.61 Å². The van der Waals surface area contributed by atoms with Gasteiger partial charge in [-0.3, -0.25) is 0 Å². The summed E-state index contributed by atoms with van der Waals surface area (Å²) in [7, 11) is 0. The van der Waals surface area contributed by atoms with E-state index in [4.69, 9.17) is 14.7 Å². The Hall–Kier alpha value is -2.37. The Labute approximate surface area is 117 Å². The average Bonchev–Trinajstić information content (AvgIpc) is 2.33. The molecule has 0 aliphatic carbocycles. The fourth-order valence-corrected chi connectivity index (χ4v) is 1.33. The maximum atomic E-state index is 11.4. The molecule has 0 atom stereocenters. The minimum Gasteiger partial charge on any atom is -0.476 e. The highest BCUT2D eigenvalue weighted by atomic mass is 16.7. The fourth-order valence-electron chi connectivity index (χ4n) is 1.33. The van der Waals surface area contributed by atoms with E-state index in [1.54, 1.807) is 51.1 Å². The van der Waals surface area contributed by atoms with Crippen LogP contribution in [0, 0.1) is 0 Å². The number of rotatable bonds is 5. The smallest absolute Gasteiger partial charge is 0.358 e. The van der Waals surface area contributed by atoms with Crippen LogP contribution >= 0.6 is 0 Å². The summed E-state index contributed by atoms with van der Waals surface area (Å²) in [6, 6.07) is 8.29. The molecule has 108 valence electrons. The SMILES string of the molecule is CC(C)(C)OC(=O)CO/N=C(\C(=O)O)c1ccccc1. The van der Waals surface area contributed by atoms with Crippen molar-refractivity contribution in [1.29, 1.82) is 0 Å². The zero-order valence-electron chi connectivity index (χ0n) is 11.6. The lowest BCUT2D eigenvalue weighted by Crippen LogP contribution is -2.26. The van der Waals surface area contributed by atoms with Crippen LogP contribution in [0.5, 0.6) is 0 Å². The van der Waals surface area contributed by atoms with Crippen molar-refractivity contribution in [3.63, 3.8) is 0 Å². The van der Waals surface area contributed by atoms with Crippen molar-refractivity contribution in [2.24, 2.45) is 5.16 Å². The third-order valence-corrected chi connectivity index (χ3v) is 2.01. The van der Waals surface area contributed by atoms with E-state index >= 15 is 0 Å². The number of ether oxygens (including phenoxy) is 1. The number of carbonyl (C=O) groups excluding carboxylic acids is 1. The van der Waals surface area contributed by atoms with Gasteiger partial charge in [0.05, 0.1) is 0 Å². The van der Waals surface area contributed by atoms with Crippen LogP contribution in [-0.4, -0.2) is 35.0 Å². The minimum atomic E-state index is -1.24. The molecule has 1 rings (SSSR count). The largest absolute Gasteiger partial charge is 0.476 e. The third kappa shape index (κ3) is 5.51. The summed E-state index contributed by atoms with van der Waals surface area (Å²) in [4.78, 5) is 27.2. The van der Waals surface area contributed by atoms with Crippen molar-refractivity contribution in [1.82, 2.24) is 0 Å². The Balaban J connectivity index is 2.67. The van der Waals surface area contributed by atoms with Crippen LogP contribution in [0.3, 0.4) is 0 Å². The Morgan fingerprint density at radius 2 is 1.80 bits per heavy atom. The number of nitrogens with zero attached hydrogens (tertiary/aromatic N) is 1. The van der Waals surface area contributed by atoms with Gasteiger partial charge < -0.3 is 14.7 Å². The van der Waals surface area contributed by atoms with Crippen molar-refractivity contribution in [2.45, 2.75) is 26.4 Å². The van der Waals surface area contributed by atoms with Gasteiger partial charge in [-0.05, 0) is 20.8 Å². The van der Waals surface area contributed by atoms with Crippen molar-refractivity contribution in [3.8, 4) is 0 Å². The molecule has 6 heteroatoms. The van der Waals surface area contributed by atoms with Crippen molar-refractivity contribution >= 4 is 17.7 Å². The highest BCUT2D eigenvalue weighted by Gasteiger charge is 2.17. The number of oxime groups is 1. The molecule has 0 unspecified atom stereocenters. The summed E-state index contributed by atoms with van der Waals surface area (Å²) in [6.45, 7) is 4.73. The van der Waals surface area contributed by atoms with E-state index in [2.05, 4.69) is 5.16 Å². The van der Waals surface area contributed by atoms with Crippen LogP contribution in [0.4, 0.5) is 0 Å². The van der Waals surface area contributed by atoms with Crippen molar-refractivity contribution < 1.29 is 24.3 Å². The Kier molecular flexibility index (Phi) is 5.25. The van der Waals surface area contributed by atoms with Gasteiger partial charge >= 0.3 is 11.9 Å². The second-order valence-corrected chi connectivity index (χ2v) is 4.97. The molecule has 0 saturated carbocycles. The molecule has 0 aromatic heterocycles. The Bertz CT molecular complexity index is 502. The van der Waals surface area contributed by atoms with E-state index in [1.807, 2.05) is 0 Å². The third-order valence-electron chi connectivity index (χ3n) is 2.01. The molecular weight excluding hydrogens is 262 g/mol. The van der Waals surface area contributed by atoms with E-state index in [0.29, 0.717) is 5.56 Å². The molecule has 0 bridgehead atoms. The molecule has 0 heterocycles. The fraction of sp³-hybridized carbons (Fsp3) is 0.357. The molecule has 0 spiro atoms. The highest BCUT2D eigenvalue weighted by molar-refractivity contribution is 6.42. The van der Waals surface area contributed by atoms with Gasteiger partial charge in [-0.25, -0.2) is 9.59 Å². The van der Waals surface area contributed by atoms with Gasteiger partial charge in [-0.1, -0.05) is 35.5 Å². The Morgan fingerprint density at radius 1 is 1.20 bits per heavy atom. The molecule has 1 N–H and O–H groups in total.